The topological polar surface area (TPSA) is 176 Å². The molecule has 4 unspecified atom stereocenters. The molecule has 0 bridgehead atoms. The molecule has 2 fully saturated rings. The Balaban J connectivity index is 1.01. The summed E-state index contributed by atoms with van der Waals surface area (Å²) in [5, 5.41) is 3.78. The van der Waals surface area contributed by atoms with Crippen LogP contribution in [0.5, 0.6) is 5.75 Å². The SMILES string of the molecule is COC(=O)NC(C(=O)N1CCCC1c1ncc(-c2ccc3c(c2)cc2n3COc3cc(-c4cnc(C5CCCN5C(=O)C(N)C(C)C)[nH]4)ccc3-2)[nH]1)C(C)C. The smallest absolute Gasteiger partial charge is 0.407 e. The Morgan fingerprint density at radius 3 is 2.09 bits per heavy atom. The number of hydrogen-bond donors (Lipinski definition) is 4. The minimum Gasteiger partial charge on any atom is -0.472 e. The van der Waals surface area contributed by atoms with Crippen molar-refractivity contribution in [2.24, 2.45) is 17.6 Å². The number of alkyl carbamates (subject to hydrolysis) is 1. The molecule has 55 heavy (non-hydrogen) atoms. The predicted octanol–water partition coefficient (Wildman–Crippen LogP) is 6.13. The fourth-order valence-electron chi connectivity index (χ4n) is 8.25. The summed E-state index contributed by atoms with van der Waals surface area (Å²) < 4.78 is 13.3. The van der Waals surface area contributed by atoms with Crippen LogP contribution in [0.25, 0.3) is 44.7 Å². The maximum absolute atomic E-state index is 13.6. The molecule has 3 aliphatic heterocycles. The number of nitrogens with two attached hydrogens (primary N) is 1. The van der Waals surface area contributed by atoms with Gasteiger partial charge in [0.05, 0.1) is 60.2 Å². The molecule has 0 spiro atoms. The molecule has 6 heterocycles. The van der Waals surface area contributed by atoms with Crippen molar-refractivity contribution in [2.45, 2.75) is 84.3 Å². The number of imidazole rings is 2. The van der Waals surface area contributed by atoms with Crippen molar-refractivity contribution in [3.8, 4) is 39.5 Å². The third-order valence-corrected chi connectivity index (χ3v) is 11.4. The molecule has 14 nitrogen and oxygen atoms in total. The first-order chi connectivity index (χ1) is 26.5. The van der Waals surface area contributed by atoms with Crippen molar-refractivity contribution >= 4 is 28.8 Å². The van der Waals surface area contributed by atoms with Crippen LogP contribution in [0.2, 0.25) is 0 Å². The summed E-state index contributed by atoms with van der Waals surface area (Å²) in [5.41, 5.74) is 13.0. The quantitative estimate of drug-likeness (QED) is 0.139. The summed E-state index contributed by atoms with van der Waals surface area (Å²) in [6.07, 6.45) is 6.43. The van der Waals surface area contributed by atoms with Crippen LogP contribution < -0.4 is 15.8 Å². The Bertz CT molecular complexity index is 2250. The highest BCUT2D eigenvalue weighted by molar-refractivity contribution is 5.92. The van der Waals surface area contributed by atoms with E-state index in [-0.39, 0.29) is 35.7 Å². The number of methoxy groups -OCH3 is 1. The number of likely N-dealkylation sites (tertiary alicyclic amines) is 2. The highest BCUT2D eigenvalue weighted by atomic mass is 16.5. The van der Waals surface area contributed by atoms with Gasteiger partial charge in [-0.1, -0.05) is 39.8 Å². The average molecular weight is 748 g/mol. The van der Waals surface area contributed by atoms with E-state index in [1.54, 1.807) is 0 Å². The van der Waals surface area contributed by atoms with Gasteiger partial charge in [-0.2, -0.15) is 0 Å². The Morgan fingerprint density at radius 2 is 1.47 bits per heavy atom. The van der Waals surface area contributed by atoms with Crippen molar-refractivity contribution in [3.05, 3.63) is 66.5 Å². The van der Waals surface area contributed by atoms with Gasteiger partial charge in [0.1, 0.15) is 23.4 Å². The molecule has 2 saturated heterocycles. The van der Waals surface area contributed by atoms with E-state index in [0.717, 1.165) is 87.8 Å². The largest absolute Gasteiger partial charge is 0.472 e. The van der Waals surface area contributed by atoms with Gasteiger partial charge in [0.2, 0.25) is 11.8 Å². The zero-order valence-electron chi connectivity index (χ0n) is 32.0. The standard InChI is InChI=1S/C41H49N9O5/c1-22(2)35(42)39(51)48-14-6-8-31(48)37-44-20-29(46-37)25-10-12-27-33-17-26-16-24(11-13-30(26)50(33)21-55-34(27)18-25)28-19-43-38(45-28)32-9-7-15-49(32)40(52)36(23(3)4)47-41(53)54-5/h10-13,16-20,22-23,31-32,35-36H,6-9,14-15,21,42H2,1-5H3,(H,43,45)(H,44,46)(H,47,53). The molecular formula is C41H49N9O5. The highest BCUT2D eigenvalue weighted by Gasteiger charge is 2.38. The number of rotatable bonds is 9. The third-order valence-electron chi connectivity index (χ3n) is 11.4. The zero-order valence-corrected chi connectivity index (χ0v) is 32.0. The van der Waals surface area contributed by atoms with Crippen molar-refractivity contribution < 1.29 is 23.9 Å². The van der Waals surface area contributed by atoms with Crippen LogP contribution in [-0.2, 0) is 21.1 Å². The molecule has 5 N–H and O–H groups in total. The Morgan fingerprint density at radius 1 is 0.855 bits per heavy atom. The number of carbonyl (C=O) groups excluding carboxylic acids is 3. The maximum atomic E-state index is 13.6. The molecule has 0 radical (unpaired) electrons. The van der Waals surface area contributed by atoms with Crippen LogP contribution in [0.4, 0.5) is 4.79 Å². The van der Waals surface area contributed by atoms with Crippen molar-refractivity contribution in [3.63, 3.8) is 0 Å². The number of aromatic nitrogens is 5. The molecule has 4 atom stereocenters. The normalized spacial score (nSPS) is 19.1. The van der Waals surface area contributed by atoms with E-state index in [0.29, 0.717) is 19.8 Å². The number of fused-ring (bicyclic) bond motifs is 5. The van der Waals surface area contributed by atoms with E-state index in [4.69, 9.17) is 25.2 Å². The lowest BCUT2D eigenvalue weighted by atomic mass is 10.0. The lowest BCUT2D eigenvalue weighted by molar-refractivity contribution is -0.136. The van der Waals surface area contributed by atoms with Crippen molar-refractivity contribution in [1.29, 1.82) is 0 Å². The number of amides is 3. The van der Waals surface area contributed by atoms with Crippen molar-refractivity contribution in [2.75, 3.05) is 20.2 Å². The molecule has 8 rings (SSSR count). The fourth-order valence-corrected chi connectivity index (χ4v) is 8.25. The molecule has 288 valence electrons. The fraction of sp³-hybridized carbons (Fsp3) is 0.439. The second-order valence-corrected chi connectivity index (χ2v) is 15.6. The molecule has 0 aliphatic carbocycles. The van der Waals surface area contributed by atoms with Gasteiger partial charge >= 0.3 is 6.09 Å². The first kappa shape index (κ1) is 36.4. The second kappa shape index (κ2) is 14.5. The number of hydrogen-bond acceptors (Lipinski definition) is 8. The summed E-state index contributed by atoms with van der Waals surface area (Å²) in [6.45, 7) is 9.41. The Hall–Kier alpha value is -5.63. The maximum Gasteiger partial charge on any atom is 0.407 e. The van der Waals surface area contributed by atoms with Gasteiger partial charge < -0.3 is 44.9 Å². The van der Waals surface area contributed by atoms with E-state index in [1.165, 1.54) is 7.11 Å². The van der Waals surface area contributed by atoms with Crippen LogP contribution >= 0.6 is 0 Å². The van der Waals surface area contributed by atoms with Crippen LogP contribution in [0.3, 0.4) is 0 Å². The lowest BCUT2D eigenvalue weighted by Crippen LogP contribution is -2.51. The van der Waals surface area contributed by atoms with Gasteiger partial charge in [0, 0.05) is 35.2 Å². The first-order valence-electron chi connectivity index (χ1n) is 19.2. The summed E-state index contributed by atoms with van der Waals surface area (Å²) >= 11 is 0. The number of ether oxygens (including phenoxy) is 2. The van der Waals surface area contributed by atoms with Crippen LogP contribution in [0.15, 0.2) is 54.9 Å². The second-order valence-electron chi connectivity index (χ2n) is 15.6. The first-order valence-corrected chi connectivity index (χ1v) is 19.2. The van der Waals surface area contributed by atoms with Gasteiger partial charge in [-0.15, -0.1) is 0 Å². The van der Waals surface area contributed by atoms with E-state index in [1.807, 2.05) is 56.0 Å². The Kier molecular flexibility index (Phi) is 9.62. The van der Waals surface area contributed by atoms with Gasteiger partial charge in [0.15, 0.2) is 6.73 Å². The molecule has 14 heteroatoms. The lowest BCUT2D eigenvalue weighted by Gasteiger charge is -2.30. The molecule has 3 aromatic heterocycles. The van der Waals surface area contributed by atoms with Gasteiger partial charge in [0.25, 0.3) is 0 Å². The number of nitrogens with one attached hydrogen (secondary N) is 3. The van der Waals surface area contributed by atoms with Crippen LogP contribution in [0.1, 0.15) is 77.1 Å². The van der Waals surface area contributed by atoms with E-state index in [2.05, 4.69) is 56.3 Å². The summed E-state index contributed by atoms with van der Waals surface area (Å²) in [7, 11) is 1.29. The van der Waals surface area contributed by atoms with E-state index >= 15 is 0 Å². The number of carbonyl (C=O) groups is 3. The number of aromatic amines is 2. The predicted molar refractivity (Wildman–Crippen MR) is 208 cm³/mol. The number of nitrogens with zero attached hydrogens (tertiary/aromatic N) is 5. The molecule has 3 amide bonds. The van der Waals surface area contributed by atoms with Gasteiger partial charge in [-0.3, -0.25) is 9.59 Å². The van der Waals surface area contributed by atoms with E-state index in [9.17, 15) is 14.4 Å². The van der Waals surface area contributed by atoms with Crippen LogP contribution in [-0.4, -0.2) is 84.5 Å². The molecule has 0 saturated carbocycles. The number of H-pyrrole nitrogens is 2. The summed E-state index contributed by atoms with van der Waals surface area (Å²) in [6, 6.07) is 13.2. The summed E-state index contributed by atoms with van der Waals surface area (Å²) in [5.74, 6) is 2.10. The average Bonchev–Trinajstić information content (AvgIpc) is 4.03. The van der Waals surface area contributed by atoms with Crippen LogP contribution in [0, 0.1) is 11.8 Å². The summed E-state index contributed by atoms with van der Waals surface area (Å²) in [4.78, 5) is 58.8. The molecule has 5 aromatic rings. The molecule has 2 aromatic carbocycles. The minimum atomic E-state index is -0.689. The monoisotopic (exact) mass is 747 g/mol. The minimum absolute atomic E-state index is 0.0224. The van der Waals surface area contributed by atoms with Crippen molar-refractivity contribution in [1.82, 2.24) is 39.6 Å². The molecular weight excluding hydrogens is 699 g/mol. The highest BCUT2D eigenvalue weighted by Crippen LogP contribution is 2.42. The molecule has 3 aliphatic rings. The van der Waals surface area contributed by atoms with Gasteiger partial charge in [-0.05, 0) is 67.9 Å². The van der Waals surface area contributed by atoms with E-state index < -0.39 is 18.2 Å². The van der Waals surface area contributed by atoms with Gasteiger partial charge in [-0.25, -0.2) is 14.8 Å². The Labute approximate surface area is 319 Å². The third kappa shape index (κ3) is 6.62. The number of benzene rings is 2. The zero-order chi connectivity index (χ0) is 38.5.